The van der Waals surface area contributed by atoms with Gasteiger partial charge in [0.15, 0.2) is 0 Å². The van der Waals surface area contributed by atoms with Crippen LogP contribution in [-0.2, 0) is 21.1 Å². The number of para-hydroxylation sites is 1. The zero-order valence-electron chi connectivity index (χ0n) is 23.6. The van der Waals surface area contributed by atoms with E-state index in [2.05, 4.69) is 69.3 Å². The molecule has 0 atom stereocenters. The molecule has 0 fully saturated rings. The summed E-state index contributed by atoms with van der Waals surface area (Å²) in [5, 5.41) is 26.5. The predicted molar refractivity (Wildman–Crippen MR) is 140 cm³/mol. The fourth-order valence-electron chi connectivity index (χ4n) is 4.31. The van der Waals surface area contributed by atoms with Crippen molar-refractivity contribution in [1.29, 1.82) is 0 Å². The van der Waals surface area contributed by atoms with Crippen LogP contribution in [0.15, 0.2) is 42.6 Å². The average Bonchev–Trinajstić information content (AvgIpc) is 2.56. The molecule has 36 heavy (non-hydrogen) atoms. The Morgan fingerprint density at radius 2 is 1.08 bits per heavy atom. The standard InChI is InChI=1S/2C9H19NO2.C9H7N.H3N.Pt/c2*1-8(2,3)6-9(4,5)10-7(11)12;1-2-6-9-8(4-1)5-3-7-10-9;;/h2*10H,6H2,1-5H3,(H,11,12);1-7H;1H3;/q;;;;+2/p-2. The van der Waals surface area contributed by atoms with Gasteiger partial charge in [0.1, 0.15) is 12.2 Å². The molecular weight excluding hydrogens is 639 g/mol. The molecule has 208 valence electrons. The summed E-state index contributed by atoms with van der Waals surface area (Å²) < 4.78 is 0. The Hall–Kier alpha value is -2.18. The summed E-state index contributed by atoms with van der Waals surface area (Å²) in [6.45, 7) is 19.9. The van der Waals surface area contributed by atoms with Crippen LogP contribution in [0.25, 0.3) is 10.9 Å². The van der Waals surface area contributed by atoms with E-state index in [4.69, 9.17) is 0 Å². The Morgan fingerprint density at radius 1 is 0.722 bits per heavy atom. The summed E-state index contributed by atoms with van der Waals surface area (Å²) in [7, 11) is 0. The molecule has 0 aliphatic carbocycles. The molecule has 2 aromatic rings. The van der Waals surface area contributed by atoms with Gasteiger partial charge in [-0.25, -0.2) is 0 Å². The van der Waals surface area contributed by atoms with Gasteiger partial charge in [-0.1, -0.05) is 65.8 Å². The van der Waals surface area contributed by atoms with Gasteiger partial charge in [0.2, 0.25) is 0 Å². The summed E-state index contributed by atoms with van der Waals surface area (Å²) in [6, 6.07) is 12.1. The molecule has 2 amide bonds. The first-order chi connectivity index (χ1) is 15.2. The van der Waals surface area contributed by atoms with Crippen LogP contribution in [0.3, 0.4) is 0 Å². The molecule has 9 heteroatoms. The Kier molecular flexibility index (Phi) is 16.9. The fraction of sp³-hybridized carbons (Fsp3) is 0.593. The Labute approximate surface area is 231 Å². The van der Waals surface area contributed by atoms with Gasteiger partial charge in [0.05, 0.1) is 5.52 Å². The molecule has 0 unspecified atom stereocenters. The number of benzene rings is 1. The van der Waals surface area contributed by atoms with E-state index in [0.717, 1.165) is 18.4 Å². The van der Waals surface area contributed by atoms with Crippen molar-refractivity contribution in [2.45, 2.75) is 93.2 Å². The summed E-state index contributed by atoms with van der Waals surface area (Å²) in [5.74, 6) is 0. The van der Waals surface area contributed by atoms with Crippen molar-refractivity contribution in [1.82, 2.24) is 21.8 Å². The Morgan fingerprint density at radius 3 is 1.42 bits per heavy atom. The third-order valence-corrected chi connectivity index (χ3v) is 4.34. The number of rotatable bonds is 4. The first kappa shape index (κ1) is 38.4. The van der Waals surface area contributed by atoms with E-state index in [1.54, 1.807) is 0 Å². The average molecular weight is 686 g/mol. The number of aromatic nitrogens is 1. The van der Waals surface area contributed by atoms with Crippen LogP contribution in [0, 0.1) is 10.8 Å². The van der Waals surface area contributed by atoms with Gasteiger partial charge in [0, 0.05) is 22.7 Å². The van der Waals surface area contributed by atoms with Crippen molar-refractivity contribution in [2.24, 2.45) is 10.8 Å². The van der Waals surface area contributed by atoms with E-state index >= 15 is 0 Å². The third-order valence-electron chi connectivity index (χ3n) is 4.34. The fourth-order valence-corrected chi connectivity index (χ4v) is 4.31. The van der Waals surface area contributed by atoms with Gasteiger partial charge in [-0.2, -0.15) is 0 Å². The number of carbonyl (C=O) groups is 2. The van der Waals surface area contributed by atoms with Gasteiger partial charge in [0.25, 0.3) is 0 Å². The summed E-state index contributed by atoms with van der Waals surface area (Å²) in [5.41, 5.74) is 0.483. The molecule has 8 nitrogen and oxygen atoms in total. The molecule has 0 radical (unpaired) electrons. The molecule has 2 rings (SSSR count). The Balaban J connectivity index is -0.000000442. The van der Waals surface area contributed by atoms with Crippen LogP contribution < -0.4 is 27.0 Å². The van der Waals surface area contributed by atoms with E-state index in [1.807, 2.05) is 58.2 Å². The van der Waals surface area contributed by atoms with Crippen molar-refractivity contribution in [3.63, 3.8) is 0 Å². The number of amides is 2. The molecule has 1 aromatic heterocycles. The molecular formula is C27H46N4O4Pt. The summed E-state index contributed by atoms with van der Waals surface area (Å²) >= 11 is 0. The van der Waals surface area contributed by atoms with Crippen LogP contribution in [-0.4, -0.2) is 28.2 Å². The van der Waals surface area contributed by atoms with E-state index in [9.17, 15) is 19.8 Å². The zero-order valence-corrected chi connectivity index (χ0v) is 25.8. The van der Waals surface area contributed by atoms with Gasteiger partial charge >= 0.3 is 21.1 Å². The topological polar surface area (TPSA) is 152 Å². The number of nitrogens with zero attached hydrogens (tertiary/aromatic N) is 1. The molecule has 5 N–H and O–H groups in total. The van der Waals surface area contributed by atoms with Gasteiger partial charge in [-0.3, -0.25) is 4.98 Å². The van der Waals surface area contributed by atoms with Gasteiger partial charge in [-0.05, 0) is 63.5 Å². The molecule has 0 bridgehead atoms. The minimum absolute atomic E-state index is 0. The predicted octanol–water partition coefficient (Wildman–Crippen LogP) is 4.66. The van der Waals surface area contributed by atoms with Crippen molar-refractivity contribution >= 4 is 23.1 Å². The second-order valence-electron chi connectivity index (χ2n) is 12.3. The van der Waals surface area contributed by atoms with Crippen LogP contribution in [0.1, 0.15) is 82.1 Å². The first-order valence-corrected chi connectivity index (χ1v) is 11.5. The number of fused-ring (bicyclic) bond motifs is 1. The van der Waals surface area contributed by atoms with Gasteiger partial charge in [-0.15, -0.1) is 0 Å². The molecule has 0 saturated heterocycles. The van der Waals surface area contributed by atoms with E-state index < -0.39 is 23.3 Å². The van der Waals surface area contributed by atoms with Crippen LogP contribution >= 0.6 is 0 Å². The van der Waals surface area contributed by atoms with Crippen LogP contribution in [0.4, 0.5) is 9.59 Å². The molecule has 0 aliphatic heterocycles. The maximum atomic E-state index is 10.3. The summed E-state index contributed by atoms with van der Waals surface area (Å²) in [6.07, 6.45) is 0.970. The van der Waals surface area contributed by atoms with Gasteiger partial charge < -0.3 is 36.6 Å². The number of hydrogen-bond donors (Lipinski definition) is 3. The quantitative estimate of drug-likeness (QED) is 0.426. The third kappa shape index (κ3) is 21.1. The SMILES string of the molecule is CC(C)(C)CC(C)(C)NC(=O)[O-].CC(C)(C)CC(C)(C)NC(=O)[O-].N.[Pt+2].c1ccc2ncccc2c1. The number of pyridine rings is 1. The van der Waals surface area contributed by atoms with Crippen molar-refractivity contribution in [2.75, 3.05) is 0 Å². The minimum Gasteiger partial charge on any atom is -0.530 e. The normalized spacial score (nSPS) is 11.3. The van der Waals surface area contributed by atoms with E-state index in [1.165, 1.54) is 5.39 Å². The number of carbonyl (C=O) groups excluding carboxylic acids is 2. The number of carboxylic acid groups (broad SMARTS) is 2. The largest absolute Gasteiger partial charge is 2.00 e. The number of nitrogens with one attached hydrogen (secondary N) is 2. The zero-order chi connectivity index (χ0) is 26.8. The van der Waals surface area contributed by atoms with Crippen LogP contribution in [0.2, 0.25) is 0 Å². The maximum Gasteiger partial charge on any atom is 2.00 e. The Bertz CT molecular complexity index is 814. The van der Waals surface area contributed by atoms with Crippen LogP contribution in [0.5, 0.6) is 0 Å². The molecule has 0 aliphatic rings. The van der Waals surface area contributed by atoms with E-state index in [0.29, 0.717) is 0 Å². The van der Waals surface area contributed by atoms with E-state index in [-0.39, 0.29) is 38.0 Å². The van der Waals surface area contributed by atoms with Crippen molar-refractivity contribution in [3.05, 3.63) is 42.6 Å². The monoisotopic (exact) mass is 685 g/mol. The molecule has 1 heterocycles. The molecule has 0 spiro atoms. The smallest absolute Gasteiger partial charge is 0.530 e. The summed E-state index contributed by atoms with van der Waals surface area (Å²) in [4.78, 5) is 24.7. The number of hydrogen-bond acceptors (Lipinski definition) is 6. The molecule has 1 aromatic carbocycles. The first-order valence-electron chi connectivity index (χ1n) is 11.5. The second-order valence-corrected chi connectivity index (χ2v) is 12.3. The maximum absolute atomic E-state index is 10.3. The van der Waals surface area contributed by atoms with Crippen molar-refractivity contribution < 1.29 is 40.9 Å². The minimum atomic E-state index is -1.20. The second kappa shape index (κ2) is 15.8. The molecule has 0 saturated carbocycles. The van der Waals surface area contributed by atoms with Crippen molar-refractivity contribution in [3.8, 4) is 0 Å².